The third kappa shape index (κ3) is 2.09. The molecular formula is C15H16N2O3. The van der Waals surface area contributed by atoms with Gasteiger partial charge in [-0.1, -0.05) is 18.2 Å². The second kappa shape index (κ2) is 4.74. The van der Waals surface area contributed by atoms with Crippen molar-refractivity contribution in [3.05, 3.63) is 36.0 Å². The second-order valence-electron chi connectivity index (χ2n) is 5.49. The monoisotopic (exact) mass is 272 g/mol. The van der Waals surface area contributed by atoms with E-state index in [9.17, 15) is 14.7 Å². The molecule has 2 N–H and O–H groups in total. The van der Waals surface area contributed by atoms with Crippen LogP contribution < -0.4 is 5.32 Å². The molecule has 4 atom stereocenters. The van der Waals surface area contributed by atoms with E-state index in [0.717, 1.165) is 12.1 Å². The minimum absolute atomic E-state index is 0.0151. The summed E-state index contributed by atoms with van der Waals surface area (Å²) in [7, 11) is 0. The van der Waals surface area contributed by atoms with Crippen LogP contribution in [-0.4, -0.2) is 22.0 Å². The van der Waals surface area contributed by atoms with Crippen LogP contribution in [0.1, 0.15) is 12.1 Å². The summed E-state index contributed by atoms with van der Waals surface area (Å²) in [6.45, 7) is 1.84. The van der Waals surface area contributed by atoms with Crippen LogP contribution in [0.3, 0.4) is 0 Å². The Morgan fingerprint density at radius 1 is 1.25 bits per heavy atom. The lowest BCUT2D eigenvalue weighted by Crippen LogP contribution is -2.36. The molecule has 20 heavy (non-hydrogen) atoms. The maximum Gasteiger partial charge on any atom is 0.307 e. The molecule has 0 aliphatic heterocycles. The summed E-state index contributed by atoms with van der Waals surface area (Å²) in [6, 6.07) is 5.37. The zero-order valence-corrected chi connectivity index (χ0v) is 11.1. The first-order valence-corrected chi connectivity index (χ1v) is 6.72. The zero-order valence-electron chi connectivity index (χ0n) is 11.1. The first kappa shape index (κ1) is 12.8. The van der Waals surface area contributed by atoms with E-state index in [4.69, 9.17) is 0 Å². The highest BCUT2D eigenvalue weighted by Crippen LogP contribution is 2.48. The lowest BCUT2D eigenvalue weighted by molar-refractivity contribution is -0.146. The van der Waals surface area contributed by atoms with Crippen molar-refractivity contribution >= 4 is 17.7 Å². The van der Waals surface area contributed by atoms with E-state index in [1.54, 1.807) is 6.07 Å². The molecular weight excluding hydrogens is 256 g/mol. The van der Waals surface area contributed by atoms with Crippen LogP contribution in [0.25, 0.3) is 0 Å². The number of aliphatic carboxylic acids is 1. The summed E-state index contributed by atoms with van der Waals surface area (Å²) in [5.74, 6) is -1.75. The first-order chi connectivity index (χ1) is 9.56. The molecule has 1 fully saturated rings. The highest BCUT2D eigenvalue weighted by molar-refractivity contribution is 5.95. The Labute approximate surface area is 116 Å². The molecule has 0 aromatic carbocycles. The molecule has 2 bridgehead atoms. The average molecular weight is 272 g/mol. The average Bonchev–Trinajstić information content (AvgIpc) is 2.98. The van der Waals surface area contributed by atoms with Crippen LogP contribution in [0.2, 0.25) is 0 Å². The van der Waals surface area contributed by atoms with Crippen LogP contribution in [0.15, 0.2) is 30.4 Å². The summed E-state index contributed by atoms with van der Waals surface area (Å²) in [5.41, 5.74) is 0.811. The van der Waals surface area contributed by atoms with Crippen LogP contribution in [0.4, 0.5) is 5.82 Å². The Morgan fingerprint density at radius 2 is 1.95 bits per heavy atom. The zero-order chi connectivity index (χ0) is 14.3. The number of carbonyl (C=O) groups is 2. The highest BCUT2D eigenvalue weighted by Gasteiger charge is 2.51. The number of amides is 1. The molecule has 1 aromatic rings. The third-order valence-corrected chi connectivity index (χ3v) is 4.19. The summed E-state index contributed by atoms with van der Waals surface area (Å²) < 4.78 is 0. The van der Waals surface area contributed by atoms with Gasteiger partial charge in [0, 0.05) is 5.69 Å². The van der Waals surface area contributed by atoms with Gasteiger partial charge < -0.3 is 10.4 Å². The summed E-state index contributed by atoms with van der Waals surface area (Å²) in [6.07, 6.45) is 4.66. The van der Waals surface area contributed by atoms with Gasteiger partial charge in [-0.25, -0.2) is 4.98 Å². The van der Waals surface area contributed by atoms with Crippen LogP contribution in [-0.2, 0) is 9.59 Å². The molecule has 1 aromatic heterocycles. The van der Waals surface area contributed by atoms with Gasteiger partial charge in [0.1, 0.15) is 5.82 Å². The van der Waals surface area contributed by atoms with E-state index < -0.39 is 17.8 Å². The smallest absolute Gasteiger partial charge is 0.307 e. The Bertz CT molecular complexity index is 597. The first-order valence-electron chi connectivity index (χ1n) is 6.72. The number of allylic oxidation sites excluding steroid dienone is 2. The summed E-state index contributed by atoms with van der Waals surface area (Å²) >= 11 is 0. The van der Waals surface area contributed by atoms with E-state index in [-0.39, 0.29) is 17.7 Å². The van der Waals surface area contributed by atoms with Gasteiger partial charge in [0.05, 0.1) is 11.8 Å². The fourth-order valence-electron chi connectivity index (χ4n) is 3.34. The number of fused-ring (bicyclic) bond motifs is 2. The van der Waals surface area contributed by atoms with Crippen molar-refractivity contribution in [3.63, 3.8) is 0 Å². The minimum atomic E-state index is -0.890. The number of anilines is 1. The van der Waals surface area contributed by atoms with Gasteiger partial charge in [0.2, 0.25) is 5.91 Å². The van der Waals surface area contributed by atoms with E-state index in [2.05, 4.69) is 10.3 Å². The summed E-state index contributed by atoms with van der Waals surface area (Å²) in [5, 5.41) is 12.1. The number of aryl methyl sites for hydroxylation is 1. The normalized spacial score (nSPS) is 30.4. The van der Waals surface area contributed by atoms with E-state index >= 15 is 0 Å². The van der Waals surface area contributed by atoms with Crippen molar-refractivity contribution in [1.82, 2.24) is 4.98 Å². The van der Waals surface area contributed by atoms with Gasteiger partial charge >= 0.3 is 5.97 Å². The SMILES string of the molecule is Cc1cccc(NC(=O)[C@@H]2[C@@H](C(=O)O)[C@H]3C=C[C@H]2C3)n1. The molecule has 0 spiro atoms. The molecule has 2 aliphatic rings. The van der Waals surface area contributed by atoms with E-state index in [1.807, 2.05) is 31.2 Å². The molecule has 3 rings (SSSR count). The molecule has 104 valence electrons. The molecule has 5 nitrogen and oxygen atoms in total. The lowest BCUT2D eigenvalue weighted by Gasteiger charge is -2.23. The predicted octanol–water partition coefficient (Wildman–Crippen LogP) is 1.85. The van der Waals surface area contributed by atoms with Crippen LogP contribution >= 0.6 is 0 Å². The number of nitrogens with zero attached hydrogens (tertiary/aromatic N) is 1. The van der Waals surface area contributed by atoms with Gasteiger partial charge in [-0.2, -0.15) is 0 Å². The minimum Gasteiger partial charge on any atom is -0.481 e. The predicted molar refractivity (Wildman–Crippen MR) is 73.0 cm³/mol. The number of hydrogen-bond donors (Lipinski definition) is 2. The third-order valence-electron chi connectivity index (χ3n) is 4.19. The lowest BCUT2D eigenvalue weighted by atomic mass is 9.82. The molecule has 1 heterocycles. The van der Waals surface area contributed by atoms with Gasteiger partial charge in [0.25, 0.3) is 0 Å². The number of pyridine rings is 1. The van der Waals surface area contributed by atoms with Crippen molar-refractivity contribution in [1.29, 1.82) is 0 Å². The van der Waals surface area contributed by atoms with Crippen LogP contribution in [0, 0.1) is 30.6 Å². The second-order valence-corrected chi connectivity index (χ2v) is 5.49. The Kier molecular flexibility index (Phi) is 3.04. The fraction of sp³-hybridized carbons (Fsp3) is 0.400. The Morgan fingerprint density at radius 3 is 2.60 bits per heavy atom. The van der Waals surface area contributed by atoms with Gasteiger partial charge in [0.15, 0.2) is 0 Å². The Balaban J connectivity index is 1.80. The van der Waals surface area contributed by atoms with Gasteiger partial charge in [-0.3, -0.25) is 9.59 Å². The molecule has 5 heteroatoms. The molecule has 1 saturated carbocycles. The standard InChI is InChI=1S/C15H16N2O3/c1-8-3-2-4-11(16-8)17-14(18)12-9-5-6-10(7-9)13(12)15(19)20/h2-6,9-10,12-13H,7H2,1H3,(H,19,20)(H,16,17,18)/t9-,10-,12-,13-/m0/s1. The molecule has 0 saturated heterocycles. The Hall–Kier alpha value is -2.17. The van der Waals surface area contributed by atoms with Crippen LogP contribution in [0.5, 0.6) is 0 Å². The number of aromatic nitrogens is 1. The number of hydrogen-bond acceptors (Lipinski definition) is 3. The maximum absolute atomic E-state index is 12.4. The van der Waals surface area contributed by atoms with Gasteiger partial charge in [-0.05, 0) is 37.3 Å². The number of carbonyl (C=O) groups excluding carboxylic acids is 1. The maximum atomic E-state index is 12.4. The van der Waals surface area contributed by atoms with Crippen molar-refractivity contribution in [2.45, 2.75) is 13.3 Å². The fourth-order valence-corrected chi connectivity index (χ4v) is 3.34. The van der Waals surface area contributed by atoms with Crippen molar-refractivity contribution in [2.75, 3.05) is 5.32 Å². The quantitative estimate of drug-likeness (QED) is 0.823. The number of carboxylic acids is 1. The highest BCUT2D eigenvalue weighted by atomic mass is 16.4. The molecule has 0 radical (unpaired) electrons. The summed E-state index contributed by atoms with van der Waals surface area (Å²) in [4.78, 5) is 28.0. The number of rotatable bonds is 3. The van der Waals surface area contributed by atoms with Crippen molar-refractivity contribution in [3.8, 4) is 0 Å². The van der Waals surface area contributed by atoms with E-state index in [0.29, 0.717) is 5.82 Å². The van der Waals surface area contributed by atoms with Gasteiger partial charge in [-0.15, -0.1) is 0 Å². The molecule has 0 unspecified atom stereocenters. The number of nitrogens with one attached hydrogen (secondary N) is 1. The van der Waals surface area contributed by atoms with Crippen molar-refractivity contribution < 1.29 is 14.7 Å². The molecule has 2 aliphatic carbocycles. The number of carboxylic acid groups (broad SMARTS) is 1. The van der Waals surface area contributed by atoms with Crippen molar-refractivity contribution in [2.24, 2.45) is 23.7 Å². The van der Waals surface area contributed by atoms with E-state index in [1.165, 1.54) is 0 Å². The molecule has 1 amide bonds. The topological polar surface area (TPSA) is 79.3 Å². The largest absolute Gasteiger partial charge is 0.481 e.